The molecule has 22 heavy (non-hydrogen) atoms. The van der Waals surface area contributed by atoms with E-state index in [1.54, 1.807) is 6.92 Å². The van der Waals surface area contributed by atoms with Crippen molar-refractivity contribution in [2.45, 2.75) is 38.5 Å². The van der Waals surface area contributed by atoms with Crippen LogP contribution in [0.5, 0.6) is 0 Å². The van der Waals surface area contributed by atoms with Gasteiger partial charge in [-0.05, 0) is 30.9 Å². The molecule has 0 saturated carbocycles. The molecule has 0 aliphatic heterocycles. The van der Waals surface area contributed by atoms with E-state index in [4.69, 9.17) is 4.42 Å². The van der Waals surface area contributed by atoms with Crippen LogP contribution in [0.25, 0.3) is 11.1 Å². The molecule has 0 spiro atoms. The summed E-state index contributed by atoms with van der Waals surface area (Å²) in [5.74, 6) is 0.198. The Balaban J connectivity index is 1.80. The Labute approximate surface area is 134 Å². The van der Waals surface area contributed by atoms with Crippen LogP contribution in [0.15, 0.2) is 33.9 Å². The van der Waals surface area contributed by atoms with Crippen molar-refractivity contribution in [1.82, 2.24) is 10.3 Å². The van der Waals surface area contributed by atoms with Gasteiger partial charge in [-0.15, -0.1) is 0 Å². The number of nitrogens with zero attached hydrogens (tertiary/aromatic N) is 1. The number of aromatic nitrogens is 1. The largest absolute Gasteiger partial charge is 0.431 e. The monoisotopic (exact) mass is 322 g/mol. The summed E-state index contributed by atoms with van der Waals surface area (Å²) < 4.78 is 5.56. The third-order valence-electron chi connectivity index (χ3n) is 3.21. The summed E-state index contributed by atoms with van der Waals surface area (Å²) in [6.07, 6.45) is 0.270. The average molecular weight is 322 g/mol. The van der Waals surface area contributed by atoms with Gasteiger partial charge in [-0.1, -0.05) is 37.7 Å². The second-order valence-electron chi connectivity index (χ2n) is 6.23. The minimum Gasteiger partial charge on any atom is -0.431 e. The van der Waals surface area contributed by atoms with E-state index in [0.717, 1.165) is 11.1 Å². The summed E-state index contributed by atoms with van der Waals surface area (Å²) >= 11 is 1.28. The second-order valence-corrected chi connectivity index (χ2v) is 7.16. The summed E-state index contributed by atoms with van der Waals surface area (Å²) in [6.45, 7) is 6.33. The van der Waals surface area contributed by atoms with Crippen LogP contribution in [0.1, 0.15) is 27.2 Å². The van der Waals surface area contributed by atoms with Gasteiger partial charge >= 0.3 is 0 Å². The Morgan fingerprint density at radius 1 is 1.45 bits per heavy atom. The Bertz CT molecular complexity index is 604. The number of hydrogen-bond acceptors (Lipinski definition) is 5. The van der Waals surface area contributed by atoms with Crippen LogP contribution >= 0.6 is 11.8 Å². The number of amides is 1. The zero-order valence-corrected chi connectivity index (χ0v) is 13.9. The molecule has 1 heterocycles. The number of fused-ring (bicyclic) bond motifs is 1. The van der Waals surface area contributed by atoms with Gasteiger partial charge in [0.1, 0.15) is 5.52 Å². The number of oxazole rings is 1. The lowest BCUT2D eigenvalue weighted by molar-refractivity contribution is -0.119. The molecule has 2 rings (SSSR count). The van der Waals surface area contributed by atoms with Crippen molar-refractivity contribution in [3.63, 3.8) is 0 Å². The van der Waals surface area contributed by atoms with Crippen molar-refractivity contribution in [1.29, 1.82) is 0 Å². The van der Waals surface area contributed by atoms with Gasteiger partial charge in [0.15, 0.2) is 5.58 Å². The zero-order valence-electron chi connectivity index (χ0n) is 13.1. The molecule has 1 atom stereocenters. The summed E-state index contributed by atoms with van der Waals surface area (Å²) in [7, 11) is 0. The molecule has 0 fully saturated rings. The first kappa shape index (κ1) is 16.8. The first-order valence-corrected chi connectivity index (χ1v) is 8.27. The quantitative estimate of drug-likeness (QED) is 0.767. The lowest BCUT2D eigenvalue weighted by Gasteiger charge is -2.26. The highest BCUT2D eigenvalue weighted by molar-refractivity contribution is 7.99. The van der Waals surface area contributed by atoms with Crippen LogP contribution in [0.2, 0.25) is 0 Å². The summed E-state index contributed by atoms with van der Waals surface area (Å²) in [5, 5.41) is 12.8. The first-order valence-electron chi connectivity index (χ1n) is 7.29. The third kappa shape index (κ3) is 5.03. The van der Waals surface area contributed by atoms with E-state index in [9.17, 15) is 9.90 Å². The number of nitrogens with one attached hydrogen (secondary N) is 1. The fraction of sp³-hybridized carbons (Fsp3) is 0.500. The average Bonchev–Trinajstić information content (AvgIpc) is 2.84. The molecule has 6 heteroatoms. The number of aliphatic hydroxyl groups is 1. The van der Waals surface area contributed by atoms with Crippen molar-refractivity contribution in [3.8, 4) is 0 Å². The lowest BCUT2D eigenvalue weighted by Crippen LogP contribution is -2.36. The van der Waals surface area contributed by atoms with Crippen LogP contribution in [-0.2, 0) is 4.79 Å². The Hall–Kier alpha value is -1.53. The summed E-state index contributed by atoms with van der Waals surface area (Å²) in [5.41, 5.74) is 1.39. The zero-order chi connectivity index (χ0) is 16.2. The standard InChI is InChI=1S/C16H22N2O3S/c1-11(19)8-16(2,3)10-17-14(20)9-22-15-18-12-6-4-5-7-13(12)21-15/h4-7,11,19H,8-10H2,1-3H3,(H,17,20). The van der Waals surface area contributed by atoms with Crippen molar-refractivity contribution in [2.75, 3.05) is 12.3 Å². The van der Waals surface area contributed by atoms with Crippen molar-refractivity contribution in [2.24, 2.45) is 5.41 Å². The number of para-hydroxylation sites is 2. The molecule has 0 bridgehead atoms. The van der Waals surface area contributed by atoms with Gasteiger partial charge in [0.05, 0.1) is 11.9 Å². The van der Waals surface area contributed by atoms with Crippen LogP contribution < -0.4 is 5.32 Å². The van der Waals surface area contributed by atoms with Crippen LogP contribution in [0.4, 0.5) is 0 Å². The second kappa shape index (κ2) is 7.15. The molecule has 1 amide bonds. The van der Waals surface area contributed by atoms with Gasteiger partial charge in [-0.3, -0.25) is 4.79 Å². The van der Waals surface area contributed by atoms with Gasteiger partial charge in [0.25, 0.3) is 5.22 Å². The molecular formula is C16H22N2O3S. The first-order chi connectivity index (χ1) is 10.4. The number of aliphatic hydroxyl groups excluding tert-OH is 1. The van der Waals surface area contributed by atoms with Gasteiger partial charge in [0, 0.05) is 6.54 Å². The van der Waals surface area contributed by atoms with Gasteiger partial charge < -0.3 is 14.8 Å². The fourth-order valence-electron chi connectivity index (χ4n) is 2.30. The van der Waals surface area contributed by atoms with Gasteiger partial charge in [-0.25, -0.2) is 4.98 Å². The molecule has 1 aromatic carbocycles. The van der Waals surface area contributed by atoms with E-state index in [2.05, 4.69) is 10.3 Å². The predicted molar refractivity (Wildman–Crippen MR) is 87.8 cm³/mol. The van der Waals surface area contributed by atoms with Crippen molar-refractivity contribution in [3.05, 3.63) is 24.3 Å². The van der Waals surface area contributed by atoms with Crippen LogP contribution in [0.3, 0.4) is 0 Å². The van der Waals surface area contributed by atoms with E-state index >= 15 is 0 Å². The summed E-state index contributed by atoms with van der Waals surface area (Å²) in [4.78, 5) is 16.2. The molecule has 2 N–H and O–H groups in total. The number of carbonyl (C=O) groups is 1. The maximum Gasteiger partial charge on any atom is 0.257 e. The van der Waals surface area contributed by atoms with Crippen LogP contribution in [-0.4, -0.2) is 34.4 Å². The minimum atomic E-state index is -0.374. The topological polar surface area (TPSA) is 75.4 Å². The van der Waals surface area contributed by atoms with E-state index in [0.29, 0.717) is 18.2 Å². The Morgan fingerprint density at radius 2 is 2.18 bits per heavy atom. The molecule has 0 radical (unpaired) electrons. The van der Waals surface area contributed by atoms with Gasteiger partial charge in [0.2, 0.25) is 5.91 Å². The van der Waals surface area contributed by atoms with Crippen molar-refractivity contribution < 1.29 is 14.3 Å². The smallest absolute Gasteiger partial charge is 0.257 e. The number of thioether (sulfide) groups is 1. The highest BCUT2D eigenvalue weighted by Crippen LogP contribution is 2.23. The van der Waals surface area contributed by atoms with E-state index < -0.39 is 0 Å². The van der Waals surface area contributed by atoms with E-state index in [-0.39, 0.29) is 23.2 Å². The maximum atomic E-state index is 11.9. The van der Waals surface area contributed by atoms with Crippen molar-refractivity contribution >= 4 is 28.8 Å². The molecule has 2 aromatic rings. The highest BCUT2D eigenvalue weighted by Gasteiger charge is 2.21. The molecular weight excluding hydrogens is 300 g/mol. The molecule has 0 aliphatic rings. The molecule has 1 unspecified atom stereocenters. The van der Waals surface area contributed by atoms with E-state index in [1.807, 2.05) is 38.1 Å². The SMILES string of the molecule is CC(O)CC(C)(C)CNC(=O)CSc1nc2ccccc2o1. The minimum absolute atomic E-state index is 0.0640. The number of benzene rings is 1. The number of rotatable bonds is 7. The molecule has 1 aromatic heterocycles. The van der Waals surface area contributed by atoms with E-state index in [1.165, 1.54) is 11.8 Å². The lowest BCUT2D eigenvalue weighted by atomic mass is 9.87. The summed E-state index contributed by atoms with van der Waals surface area (Å²) in [6, 6.07) is 7.52. The molecule has 120 valence electrons. The highest BCUT2D eigenvalue weighted by atomic mass is 32.2. The Kier molecular flexibility index (Phi) is 5.47. The van der Waals surface area contributed by atoms with Crippen LogP contribution in [0, 0.1) is 5.41 Å². The van der Waals surface area contributed by atoms with Gasteiger partial charge in [-0.2, -0.15) is 0 Å². The predicted octanol–water partition coefficient (Wildman–Crippen LogP) is 2.83. The Morgan fingerprint density at radius 3 is 2.86 bits per heavy atom. The molecule has 5 nitrogen and oxygen atoms in total. The maximum absolute atomic E-state index is 11.9. The molecule has 0 aliphatic carbocycles. The number of carbonyl (C=O) groups excluding carboxylic acids is 1. The normalized spacial score (nSPS) is 13.3. The molecule has 0 saturated heterocycles. The third-order valence-corrected chi connectivity index (χ3v) is 4.04. The fourth-order valence-corrected chi connectivity index (χ4v) is 2.97. The number of hydrogen-bond donors (Lipinski definition) is 2.